The molecule has 1 aliphatic rings. The van der Waals surface area contributed by atoms with Crippen LogP contribution in [0.15, 0.2) is 42.5 Å². The number of hydrogen-bond donors (Lipinski definition) is 2. The largest absolute Gasteiger partial charge is 0.353 e. The van der Waals surface area contributed by atoms with E-state index in [0.717, 1.165) is 29.5 Å². The van der Waals surface area contributed by atoms with Gasteiger partial charge in [-0.25, -0.2) is 0 Å². The van der Waals surface area contributed by atoms with E-state index in [1.807, 2.05) is 32.0 Å². The molecule has 142 valence electrons. The van der Waals surface area contributed by atoms with Crippen LogP contribution < -0.4 is 10.6 Å². The van der Waals surface area contributed by atoms with Gasteiger partial charge in [-0.3, -0.25) is 9.59 Å². The lowest BCUT2D eigenvalue weighted by atomic mass is 10.0. The summed E-state index contributed by atoms with van der Waals surface area (Å²) >= 11 is 6.10. The Morgan fingerprint density at radius 1 is 1.11 bits per heavy atom. The Bertz CT molecular complexity index is 850. The van der Waals surface area contributed by atoms with E-state index < -0.39 is 0 Å². The van der Waals surface area contributed by atoms with Crippen molar-refractivity contribution in [3.63, 3.8) is 0 Å². The zero-order chi connectivity index (χ0) is 19.4. The van der Waals surface area contributed by atoms with E-state index in [1.165, 1.54) is 0 Å². The van der Waals surface area contributed by atoms with Crippen molar-refractivity contribution < 1.29 is 9.59 Å². The van der Waals surface area contributed by atoms with Crippen molar-refractivity contribution in [2.45, 2.75) is 45.6 Å². The standard InChI is InChI=1S/C22H25ClN2O2/c1-14-7-8-15(2)17(11-14)13-21(26)24-18-10-9-16(12-18)22(27)25-20-6-4-3-5-19(20)23/h3-8,11,16,18H,9-10,12-13H2,1-2H3,(H,24,26)(H,25,27)/t16-,18+/m1/s1. The van der Waals surface area contributed by atoms with Crippen molar-refractivity contribution in [1.29, 1.82) is 0 Å². The Hall–Kier alpha value is -2.33. The normalized spacial score (nSPS) is 18.9. The third-order valence-corrected chi connectivity index (χ3v) is 5.49. The van der Waals surface area contributed by atoms with Crippen LogP contribution in [0.5, 0.6) is 0 Å². The Balaban J connectivity index is 1.52. The Kier molecular flexibility index (Phi) is 6.17. The Morgan fingerprint density at radius 2 is 1.89 bits per heavy atom. The van der Waals surface area contributed by atoms with Crippen LogP contribution in [-0.2, 0) is 16.0 Å². The molecular formula is C22H25ClN2O2. The van der Waals surface area contributed by atoms with Gasteiger partial charge < -0.3 is 10.6 Å². The van der Waals surface area contributed by atoms with Crippen molar-refractivity contribution in [3.8, 4) is 0 Å². The van der Waals surface area contributed by atoms with Gasteiger partial charge in [-0.15, -0.1) is 0 Å². The minimum atomic E-state index is -0.104. The van der Waals surface area contributed by atoms with Crippen molar-refractivity contribution in [2.75, 3.05) is 5.32 Å². The molecule has 2 N–H and O–H groups in total. The molecule has 0 aliphatic heterocycles. The maximum absolute atomic E-state index is 12.5. The third kappa shape index (κ3) is 5.10. The van der Waals surface area contributed by atoms with Gasteiger partial charge in [0, 0.05) is 12.0 Å². The fraction of sp³-hybridized carbons (Fsp3) is 0.364. The summed E-state index contributed by atoms with van der Waals surface area (Å²) in [6.45, 7) is 4.05. The van der Waals surface area contributed by atoms with E-state index >= 15 is 0 Å². The van der Waals surface area contributed by atoms with Crippen LogP contribution in [0.25, 0.3) is 0 Å². The average Bonchev–Trinajstić information content (AvgIpc) is 3.08. The molecule has 27 heavy (non-hydrogen) atoms. The Morgan fingerprint density at radius 3 is 2.67 bits per heavy atom. The summed E-state index contributed by atoms with van der Waals surface area (Å²) in [5.74, 6) is -0.123. The van der Waals surface area contributed by atoms with Gasteiger partial charge in [0.25, 0.3) is 0 Å². The smallest absolute Gasteiger partial charge is 0.227 e. The first-order chi connectivity index (χ1) is 12.9. The molecule has 1 saturated carbocycles. The van der Waals surface area contributed by atoms with Crippen LogP contribution in [-0.4, -0.2) is 17.9 Å². The SMILES string of the molecule is Cc1ccc(C)c(CC(=O)N[C@H]2CC[C@@H](C(=O)Nc3ccccc3Cl)C2)c1. The third-order valence-electron chi connectivity index (χ3n) is 5.16. The summed E-state index contributed by atoms with van der Waals surface area (Å²) in [5.41, 5.74) is 3.96. The van der Waals surface area contributed by atoms with Crippen molar-refractivity contribution >= 4 is 29.1 Å². The maximum Gasteiger partial charge on any atom is 0.227 e. The molecule has 0 saturated heterocycles. The van der Waals surface area contributed by atoms with E-state index in [2.05, 4.69) is 22.8 Å². The minimum Gasteiger partial charge on any atom is -0.353 e. The molecule has 0 spiro atoms. The zero-order valence-corrected chi connectivity index (χ0v) is 16.5. The van der Waals surface area contributed by atoms with Crippen LogP contribution in [0, 0.1) is 19.8 Å². The van der Waals surface area contributed by atoms with Gasteiger partial charge in [0.1, 0.15) is 0 Å². The molecule has 2 amide bonds. The van der Waals surface area contributed by atoms with Gasteiger partial charge in [-0.2, -0.15) is 0 Å². The van der Waals surface area contributed by atoms with E-state index in [4.69, 9.17) is 11.6 Å². The first-order valence-electron chi connectivity index (χ1n) is 9.33. The highest BCUT2D eigenvalue weighted by atomic mass is 35.5. The minimum absolute atomic E-state index is 0.0147. The summed E-state index contributed by atoms with van der Waals surface area (Å²) in [6.07, 6.45) is 2.62. The first kappa shape index (κ1) is 19.4. The number of amides is 2. The Labute approximate surface area is 165 Å². The molecule has 2 aromatic rings. The first-order valence-corrected chi connectivity index (χ1v) is 9.71. The summed E-state index contributed by atoms with van der Waals surface area (Å²) in [5, 5.41) is 6.51. The number of halogens is 1. The van der Waals surface area contributed by atoms with Gasteiger partial charge in [-0.1, -0.05) is 47.5 Å². The van der Waals surface area contributed by atoms with E-state index in [-0.39, 0.29) is 23.8 Å². The van der Waals surface area contributed by atoms with Gasteiger partial charge in [0.15, 0.2) is 0 Å². The van der Waals surface area contributed by atoms with Crippen molar-refractivity contribution in [2.24, 2.45) is 5.92 Å². The molecule has 0 radical (unpaired) electrons. The van der Waals surface area contributed by atoms with Crippen molar-refractivity contribution in [3.05, 3.63) is 64.2 Å². The van der Waals surface area contributed by atoms with Gasteiger partial charge >= 0.3 is 0 Å². The highest BCUT2D eigenvalue weighted by molar-refractivity contribution is 6.33. The van der Waals surface area contributed by atoms with Crippen LogP contribution >= 0.6 is 11.6 Å². The molecule has 5 heteroatoms. The van der Waals surface area contributed by atoms with Gasteiger partial charge in [0.05, 0.1) is 17.1 Å². The van der Waals surface area contributed by atoms with E-state index in [0.29, 0.717) is 23.6 Å². The lowest BCUT2D eigenvalue weighted by Crippen LogP contribution is -2.35. The van der Waals surface area contributed by atoms with Crippen LogP contribution in [0.3, 0.4) is 0 Å². The highest BCUT2D eigenvalue weighted by Gasteiger charge is 2.31. The second kappa shape index (κ2) is 8.57. The van der Waals surface area contributed by atoms with Gasteiger partial charge in [-0.05, 0) is 56.4 Å². The number of hydrogen-bond acceptors (Lipinski definition) is 2. The van der Waals surface area contributed by atoms with E-state index in [9.17, 15) is 9.59 Å². The molecule has 0 heterocycles. The lowest BCUT2D eigenvalue weighted by molar-refractivity contribution is -0.122. The number of benzene rings is 2. The molecule has 1 fully saturated rings. The summed E-state index contributed by atoms with van der Waals surface area (Å²) in [7, 11) is 0. The monoisotopic (exact) mass is 384 g/mol. The maximum atomic E-state index is 12.5. The quantitative estimate of drug-likeness (QED) is 0.801. The summed E-state index contributed by atoms with van der Waals surface area (Å²) in [4.78, 5) is 24.9. The molecule has 0 unspecified atom stereocenters. The summed E-state index contributed by atoms with van der Waals surface area (Å²) in [6, 6.07) is 13.4. The molecule has 0 aromatic heterocycles. The van der Waals surface area contributed by atoms with Crippen LogP contribution in [0.4, 0.5) is 5.69 Å². The van der Waals surface area contributed by atoms with Gasteiger partial charge in [0.2, 0.25) is 11.8 Å². The second-order valence-corrected chi connectivity index (χ2v) is 7.76. The number of nitrogens with one attached hydrogen (secondary N) is 2. The molecule has 3 rings (SSSR count). The molecule has 4 nitrogen and oxygen atoms in total. The van der Waals surface area contributed by atoms with Crippen LogP contribution in [0.1, 0.15) is 36.0 Å². The number of rotatable bonds is 5. The highest BCUT2D eigenvalue weighted by Crippen LogP contribution is 2.28. The number of carbonyl (C=O) groups is 2. The lowest BCUT2D eigenvalue weighted by Gasteiger charge is -2.15. The zero-order valence-electron chi connectivity index (χ0n) is 15.7. The number of aryl methyl sites for hydroxylation is 2. The van der Waals surface area contributed by atoms with Crippen molar-refractivity contribution in [1.82, 2.24) is 5.32 Å². The molecule has 2 atom stereocenters. The molecule has 2 aromatic carbocycles. The second-order valence-electron chi connectivity index (χ2n) is 7.35. The predicted molar refractivity (Wildman–Crippen MR) is 109 cm³/mol. The molecular weight excluding hydrogens is 360 g/mol. The molecule has 1 aliphatic carbocycles. The topological polar surface area (TPSA) is 58.2 Å². The fourth-order valence-corrected chi connectivity index (χ4v) is 3.77. The van der Waals surface area contributed by atoms with Crippen LogP contribution in [0.2, 0.25) is 5.02 Å². The van der Waals surface area contributed by atoms with E-state index in [1.54, 1.807) is 12.1 Å². The fourth-order valence-electron chi connectivity index (χ4n) is 3.59. The summed E-state index contributed by atoms with van der Waals surface area (Å²) < 4.78 is 0. The number of carbonyl (C=O) groups excluding carboxylic acids is 2. The number of anilines is 1. The average molecular weight is 385 g/mol. The predicted octanol–water partition coefficient (Wildman–Crippen LogP) is 4.42. The number of para-hydroxylation sites is 1. The molecule has 0 bridgehead atoms.